The highest BCUT2D eigenvalue weighted by molar-refractivity contribution is 5.37. The highest BCUT2D eigenvalue weighted by Gasteiger charge is 2.06. The van der Waals surface area contributed by atoms with Gasteiger partial charge in [-0.25, -0.2) is 0 Å². The fraction of sp³-hybridized carbons (Fsp3) is 0.625. The molecule has 0 fully saturated rings. The molecule has 2 N–H and O–H groups in total. The number of hydrogen-bond donors (Lipinski definition) is 2. The van der Waals surface area contributed by atoms with Crippen LogP contribution in [0.3, 0.4) is 0 Å². The summed E-state index contributed by atoms with van der Waals surface area (Å²) in [6.45, 7) is 8.36. The first-order chi connectivity index (χ1) is 9.19. The minimum atomic E-state index is 0.274. The summed E-state index contributed by atoms with van der Waals surface area (Å²) in [5.74, 6) is 0.969. The molecule has 0 spiro atoms. The van der Waals surface area contributed by atoms with Crippen LogP contribution in [0.2, 0.25) is 0 Å². The maximum absolute atomic E-state index is 8.71. The quantitative estimate of drug-likeness (QED) is 0.674. The van der Waals surface area contributed by atoms with Crippen LogP contribution in [0.4, 0.5) is 0 Å². The maximum atomic E-state index is 8.71. The number of hydrogen-bond acceptors (Lipinski definition) is 3. The van der Waals surface area contributed by atoms with Gasteiger partial charge in [0.25, 0.3) is 0 Å². The molecule has 1 aromatic rings. The Labute approximate surface area is 117 Å². The van der Waals surface area contributed by atoms with Crippen LogP contribution in [0.25, 0.3) is 0 Å². The number of unbranched alkanes of at least 4 members (excludes halogenated alkanes) is 2. The number of aryl methyl sites for hydroxylation is 1. The van der Waals surface area contributed by atoms with E-state index in [1.54, 1.807) is 0 Å². The van der Waals surface area contributed by atoms with E-state index in [1.807, 2.05) is 0 Å². The van der Waals surface area contributed by atoms with Crippen LogP contribution in [-0.4, -0.2) is 24.9 Å². The van der Waals surface area contributed by atoms with Crippen molar-refractivity contribution in [1.82, 2.24) is 5.32 Å². The van der Waals surface area contributed by atoms with E-state index in [0.29, 0.717) is 6.04 Å². The van der Waals surface area contributed by atoms with Crippen molar-refractivity contribution in [3.63, 3.8) is 0 Å². The van der Waals surface area contributed by atoms with Gasteiger partial charge in [0, 0.05) is 12.6 Å². The monoisotopic (exact) mass is 265 g/mol. The van der Waals surface area contributed by atoms with Crippen LogP contribution >= 0.6 is 0 Å². The summed E-state index contributed by atoms with van der Waals surface area (Å²) in [5.41, 5.74) is 2.48. The molecule has 1 atom stereocenters. The zero-order valence-electron chi connectivity index (χ0n) is 12.4. The molecule has 0 bridgehead atoms. The number of benzene rings is 1. The van der Waals surface area contributed by atoms with E-state index in [2.05, 4.69) is 44.3 Å². The smallest absolute Gasteiger partial charge is 0.122 e. The molecule has 0 aliphatic carbocycles. The molecule has 1 aromatic carbocycles. The predicted octanol–water partition coefficient (Wildman–Crippen LogP) is 3.21. The molecule has 1 rings (SSSR count). The zero-order chi connectivity index (χ0) is 14.1. The Morgan fingerprint density at radius 2 is 2.05 bits per heavy atom. The van der Waals surface area contributed by atoms with E-state index in [-0.39, 0.29) is 6.61 Å². The molecular formula is C16H27NO2. The van der Waals surface area contributed by atoms with Crippen molar-refractivity contribution in [2.24, 2.45) is 0 Å². The van der Waals surface area contributed by atoms with Gasteiger partial charge < -0.3 is 15.2 Å². The summed E-state index contributed by atoms with van der Waals surface area (Å²) in [5, 5.41) is 12.1. The molecule has 0 aliphatic heterocycles. The van der Waals surface area contributed by atoms with E-state index in [9.17, 15) is 0 Å². The summed E-state index contributed by atoms with van der Waals surface area (Å²) in [6.07, 6.45) is 2.88. The lowest BCUT2D eigenvalue weighted by Crippen LogP contribution is -2.17. The Balaban J connectivity index is 2.47. The minimum absolute atomic E-state index is 0.274. The molecule has 0 amide bonds. The first kappa shape index (κ1) is 16.0. The first-order valence-electron chi connectivity index (χ1n) is 7.26. The van der Waals surface area contributed by atoms with Gasteiger partial charge >= 0.3 is 0 Å². The Morgan fingerprint density at radius 1 is 1.26 bits per heavy atom. The molecule has 1 unspecified atom stereocenters. The van der Waals surface area contributed by atoms with Crippen molar-refractivity contribution in [1.29, 1.82) is 0 Å². The number of ether oxygens (including phenoxy) is 1. The second-order valence-electron chi connectivity index (χ2n) is 4.94. The predicted molar refractivity (Wildman–Crippen MR) is 79.7 cm³/mol. The fourth-order valence-corrected chi connectivity index (χ4v) is 2.10. The standard InChI is InChI=1S/C16H27NO2/c1-4-17-14(3)15-8-9-16(13(2)12-15)19-11-7-5-6-10-18/h8-9,12,14,17-18H,4-7,10-11H2,1-3H3. The van der Waals surface area contributed by atoms with E-state index >= 15 is 0 Å². The van der Waals surface area contributed by atoms with Crippen molar-refractivity contribution in [3.05, 3.63) is 29.3 Å². The van der Waals surface area contributed by atoms with Gasteiger partial charge in [-0.2, -0.15) is 0 Å². The largest absolute Gasteiger partial charge is 0.493 e. The lowest BCUT2D eigenvalue weighted by molar-refractivity contribution is 0.265. The summed E-state index contributed by atoms with van der Waals surface area (Å²) in [7, 11) is 0. The second-order valence-corrected chi connectivity index (χ2v) is 4.94. The van der Waals surface area contributed by atoms with Crippen molar-refractivity contribution >= 4 is 0 Å². The van der Waals surface area contributed by atoms with Crippen LogP contribution < -0.4 is 10.1 Å². The van der Waals surface area contributed by atoms with Gasteiger partial charge in [-0.1, -0.05) is 19.1 Å². The summed E-state index contributed by atoms with van der Waals surface area (Å²) >= 11 is 0. The Morgan fingerprint density at radius 3 is 2.68 bits per heavy atom. The van der Waals surface area contributed by atoms with E-state index < -0.39 is 0 Å². The SMILES string of the molecule is CCNC(C)c1ccc(OCCCCCO)c(C)c1. The molecule has 0 aliphatic rings. The Kier molecular flexibility index (Phi) is 7.53. The van der Waals surface area contributed by atoms with E-state index in [4.69, 9.17) is 9.84 Å². The third-order valence-electron chi connectivity index (χ3n) is 3.27. The lowest BCUT2D eigenvalue weighted by atomic mass is 10.1. The summed E-state index contributed by atoms with van der Waals surface area (Å²) in [4.78, 5) is 0. The average molecular weight is 265 g/mol. The Hall–Kier alpha value is -1.06. The van der Waals surface area contributed by atoms with Crippen LogP contribution in [0.5, 0.6) is 5.75 Å². The maximum Gasteiger partial charge on any atom is 0.122 e. The molecule has 0 aromatic heterocycles. The van der Waals surface area contributed by atoms with Crippen molar-refractivity contribution in [2.75, 3.05) is 19.8 Å². The number of aliphatic hydroxyl groups is 1. The van der Waals surface area contributed by atoms with Gasteiger partial charge in [-0.05, 0) is 56.8 Å². The van der Waals surface area contributed by atoms with Crippen LogP contribution in [0.15, 0.2) is 18.2 Å². The normalized spacial score (nSPS) is 12.4. The highest BCUT2D eigenvalue weighted by atomic mass is 16.5. The zero-order valence-corrected chi connectivity index (χ0v) is 12.4. The fourth-order valence-electron chi connectivity index (χ4n) is 2.10. The van der Waals surface area contributed by atoms with Crippen LogP contribution in [0, 0.1) is 6.92 Å². The highest BCUT2D eigenvalue weighted by Crippen LogP contribution is 2.23. The second kappa shape index (κ2) is 8.94. The molecule has 0 heterocycles. The third-order valence-corrected chi connectivity index (χ3v) is 3.27. The van der Waals surface area contributed by atoms with Gasteiger partial charge in [0.1, 0.15) is 5.75 Å². The number of rotatable bonds is 9. The molecule has 0 radical (unpaired) electrons. The molecule has 3 heteroatoms. The molecular weight excluding hydrogens is 238 g/mol. The summed E-state index contributed by atoms with van der Waals surface area (Å²) < 4.78 is 5.78. The van der Waals surface area contributed by atoms with Crippen molar-refractivity contribution < 1.29 is 9.84 Å². The van der Waals surface area contributed by atoms with Crippen molar-refractivity contribution in [3.8, 4) is 5.75 Å². The van der Waals surface area contributed by atoms with Gasteiger partial charge in [0.05, 0.1) is 6.61 Å². The molecule has 19 heavy (non-hydrogen) atoms. The summed E-state index contributed by atoms with van der Waals surface area (Å²) in [6, 6.07) is 6.76. The lowest BCUT2D eigenvalue weighted by Gasteiger charge is -2.15. The number of aliphatic hydroxyl groups excluding tert-OH is 1. The third kappa shape index (κ3) is 5.62. The van der Waals surface area contributed by atoms with Gasteiger partial charge in [0.2, 0.25) is 0 Å². The van der Waals surface area contributed by atoms with Gasteiger partial charge in [-0.15, -0.1) is 0 Å². The average Bonchev–Trinajstić information content (AvgIpc) is 2.40. The molecule has 3 nitrogen and oxygen atoms in total. The number of nitrogens with one attached hydrogen (secondary N) is 1. The molecule has 0 saturated carbocycles. The van der Waals surface area contributed by atoms with E-state index in [1.165, 1.54) is 11.1 Å². The van der Waals surface area contributed by atoms with Gasteiger partial charge in [0.15, 0.2) is 0 Å². The van der Waals surface area contributed by atoms with Gasteiger partial charge in [-0.3, -0.25) is 0 Å². The first-order valence-corrected chi connectivity index (χ1v) is 7.26. The van der Waals surface area contributed by atoms with Crippen LogP contribution in [0.1, 0.15) is 50.3 Å². The van der Waals surface area contributed by atoms with Crippen LogP contribution in [-0.2, 0) is 0 Å². The minimum Gasteiger partial charge on any atom is -0.493 e. The van der Waals surface area contributed by atoms with Crippen molar-refractivity contribution in [2.45, 2.75) is 46.1 Å². The molecule has 108 valence electrons. The topological polar surface area (TPSA) is 41.5 Å². The Bertz CT molecular complexity index is 366. The van der Waals surface area contributed by atoms with E-state index in [0.717, 1.165) is 38.2 Å². The molecule has 0 saturated heterocycles.